The first kappa shape index (κ1) is 146. The van der Waals surface area contributed by atoms with E-state index in [1.165, 1.54) is 77.0 Å². The van der Waals surface area contributed by atoms with Crippen LogP contribution in [0.3, 0.4) is 0 Å². The van der Waals surface area contributed by atoms with Crippen LogP contribution in [-0.4, -0.2) is 145 Å². The van der Waals surface area contributed by atoms with Gasteiger partial charge in [-0.3, -0.25) is 43.2 Å². The van der Waals surface area contributed by atoms with Gasteiger partial charge in [0.05, 0.1) is 51.8 Å². The van der Waals surface area contributed by atoms with Gasteiger partial charge in [-0.25, -0.2) is 14.4 Å². The second kappa shape index (κ2) is 64.3. The van der Waals surface area contributed by atoms with Crippen molar-refractivity contribution in [3.8, 4) is 0 Å². The number of hydrogen-bond acceptors (Lipinski definition) is 24. The summed E-state index contributed by atoms with van der Waals surface area (Å²) in [5.74, 6) is 1.74. The summed E-state index contributed by atoms with van der Waals surface area (Å²) in [6.07, 6.45) is 37.5. The fraction of sp³-hybridized carbons (Fsp3) is 0.894. The molecule has 0 aromatic rings. The van der Waals surface area contributed by atoms with Gasteiger partial charge >= 0.3 is 71.6 Å². The molecule has 8 bridgehead atoms. The predicted octanol–water partition coefficient (Wildman–Crippen LogP) is 29.2. The Bertz CT molecular complexity index is 3440. The molecule has 0 aromatic carbocycles. The van der Waals surface area contributed by atoms with Crippen molar-refractivity contribution in [1.29, 1.82) is 0 Å². The molecule has 0 saturated heterocycles. The molecular formula is C113H218O24. The zero-order chi connectivity index (χ0) is 93.9. The molecule has 0 N–H and O–H groups in total. The Hall–Kier alpha value is -6.36. The molecule has 814 valence electrons. The fourth-order valence-corrected chi connectivity index (χ4v) is 19.7. The van der Waals surface area contributed by atoms with Crippen LogP contribution in [0.1, 0.15) is 506 Å². The van der Waals surface area contributed by atoms with Gasteiger partial charge in [-0.1, -0.05) is 157 Å². The molecule has 12 aliphatic rings. The smallest absolute Gasteiger partial charge is 0.344 e. The summed E-state index contributed by atoms with van der Waals surface area (Å²) in [4.78, 5) is 143. The van der Waals surface area contributed by atoms with E-state index in [-0.39, 0.29) is 241 Å². The highest BCUT2D eigenvalue weighted by molar-refractivity contribution is 5.82. The van der Waals surface area contributed by atoms with Crippen molar-refractivity contribution in [3.63, 3.8) is 0 Å². The third kappa shape index (κ3) is 44.2. The normalized spacial score (nSPS) is 23.4. The maximum Gasteiger partial charge on any atom is 0.344 e. The molecular weight excluding hydrogens is 1740 g/mol. The van der Waals surface area contributed by atoms with Crippen molar-refractivity contribution in [2.24, 2.45) is 79.8 Å². The van der Waals surface area contributed by atoms with Crippen LogP contribution in [0.4, 0.5) is 0 Å². The summed E-state index contributed by atoms with van der Waals surface area (Å²) in [6, 6.07) is 0. The molecule has 12 aliphatic carbocycles. The lowest BCUT2D eigenvalue weighted by atomic mass is 9.49. The number of esters is 12. The van der Waals surface area contributed by atoms with Gasteiger partial charge in [0.15, 0.2) is 19.8 Å². The number of ether oxygens (including phenoxy) is 12. The minimum absolute atomic E-state index is 0. The summed E-state index contributed by atoms with van der Waals surface area (Å²) in [5, 5.41) is 0. The fourth-order valence-electron chi connectivity index (χ4n) is 19.7. The van der Waals surface area contributed by atoms with Crippen molar-refractivity contribution < 1.29 is 114 Å². The Morgan fingerprint density at radius 2 is 0.387 bits per heavy atom. The van der Waals surface area contributed by atoms with Gasteiger partial charge in [-0.2, -0.15) is 0 Å². The van der Waals surface area contributed by atoms with Crippen LogP contribution in [0.2, 0.25) is 0 Å². The molecule has 0 unspecified atom stereocenters. The highest BCUT2D eigenvalue weighted by atomic mass is 16.6. The Morgan fingerprint density at radius 3 is 0.577 bits per heavy atom. The number of carbonyl (C=O) groups is 12. The second-order valence-corrected chi connectivity index (χ2v) is 43.2. The largest absolute Gasteiger partial charge is 0.465 e. The topological polar surface area (TPSA) is 316 Å². The van der Waals surface area contributed by atoms with Crippen molar-refractivity contribution in [3.05, 3.63) is 0 Å². The highest BCUT2D eigenvalue weighted by Gasteiger charge is 2.60. The first-order valence-electron chi connectivity index (χ1n) is 48.6. The Labute approximate surface area is 840 Å². The monoisotopic (exact) mass is 1960 g/mol. The quantitative estimate of drug-likeness (QED) is 0.0420. The molecule has 12 rings (SSSR count). The average Bonchev–Trinajstić information content (AvgIpc) is 0.950. The van der Waals surface area contributed by atoms with Gasteiger partial charge in [0.1, 0.15) is 53.4 Å². The molecule has 12 saturated carbocycles. The lowest BCUT2D eigenvalue weighted by Gasteiger charge is -2.60. The van der Waals surface area contributed by atoms with Crippen LogP contribution in [0, 0.1) is 79.8 Å². The van der Waals surface area contributed by atoms with Crippen molar-refractivity contribution in [2.75, 3.05) is 39.6 Å². The maximum atomic E-state index is 12.5. The SMILES string of the molecule is C.C.C.C.C.C.C.C.C.C.C.C.CCC(C)(C)C(=O)OCC(=O)OC1(C)CCCC1.CCC(C)(C)C(=O)OCC(=O)OC1(C)CCCCC1.CCC(C)(C)C(=O)OCC(=O)OC1(CC)C2CC3CC(C2)CC1C3.CCC(C)(C)C(=O)OCCC(=O)OC1(C)CCCC1.CCC(C)(C)C(=O)OCCC(=O)OC1(C)CCCCC1.CCC(C)(C)C(=O)OCCC(=O)OC1(CC)C2CC3CC(C2)CC1C3. The summed E-state index contributed by atoms with van der Waals surface area (Å²) >= 11 is 0. The molecule has 0 amide bonds. The van der Waals surface area contributed by atoms with E-state index in [9.17, 15) is 57.5 Å². The third-order valence-electron chi connectivity index (χ3n) is 30.5. The zero-order valence-corrected chi connectivity index (χ0v) is 82.2. The Balaban J connectivity index is -0.000000240. The summed E-state index contributed by atoms with van der Waals surface area (Å²) in [6.45, 7) is 45.4. The van der Waals surface area contributed by atoms with Gasteiger partial charge in [-0.15, -0.1) is 0 Å². The van der Waals surface area contributed by atoms with Crippen molar-refractivity contribution in [1.82, 2.24) is 0 Å². The van der Waals surface area contributed by atoms with Crippen LogP contribution >= 0.6 is 0 Å². The molecule has 0 heterocycles. The average molecular weight is 1960 g/mol. The summed E-state index contributed by atoms with van der Waals surface area (Å²) in [5.41, 5.74) is -5.01. The van der Waals surface area contributed by atoms with Crippen molar-refractivity contribution >= 4 is 71.6 Å². The summed E-state index contributed by atoms with van der Waals surface area (Å²) < 4.78 is 64.9. The van der Waals surface area contributed by atoms with E-state index >= 15 is 0 Å². The van der Waals surface area contributed by atoms with E-state index < -0.39 is 44.4 Å². The molecule has 0 aromatic heterocycles. The van der Waals surface area contributed by atoms with E-state index in [0.717, 1.165) is 146 Å². The first-order valence-corrected chi connectivity index (χ1v) is 48.6. The number of carbonyl (C=O) groups excluding carboxylic acids is 12. The van der Waals surface area contributed by atoms with Crippen LogP contribution in [0.25, 0.3) is 0 Å². The van der Waals surface area contributed by atoms with Gasteiger partial charge in [0, 0.05) is 0 Å². The minimum atomic E-state index is -0.550. The van der Waals surface area contributed by atoms with Gasteiger partial charge in [0.25, 0.3) is 0 Å². The first-order chi connectivity index (χ1) is 58.3. The lowest BCUT2D eigenvalue weighted by Crippen LogP contribution is -2.59. The van der Waals surface area contributed by atoms with Crippen LogP contribution in [0.15, 0.2) is 0 Å². The van der Waals surface area contributed by atoms with Crippen LogP contribution in [-0.2, 0) is 114 Å². The van der Waals surface area contributed by atoms with Gasteiger partial charge < -0.3 is 56.8 Å². The Kier molecular flexibility index (Phi) is 68.5. The zero-order valence-electron chi connectivity index (χ0n) is 82.2. The van der Waals surface area contributed by atoms with E-state index in [0.29, 0.717) is 55.8 Å². The van der Waals surface area contributed by atoms with E-state index in [1.807, 2.05) is 138 Å². The molecule has 0 aliphatic heterocycles. The molecule has 24 nitrogen and oxygen atoms in total. The number of rotatable bonds is 35. The molecule has 24 heteroatoms. The molecule has 137 heavy (non-hydrogen) atoms. The molecule has 12 fully saturated rings. The molecule has 0 atom stereocenters. The Morgan fingerprint density at radius 1 is 0.226 bits per heavy atom. The maximum absolute atomic E-state index is 12.5. The lowest BCUT2D eigenvalue weighted by molar-refractivity contribution is -0.215. The molecule has 0 radical (unpaired) electrons. The van der Waals surface area contributed by atoms with Gasteiger partial charge in [0.2, 0.25) is 0 Å². The van der Waals surface area contributed by atoms with Crippen LogP contribution in [0.5, 0.6) is 0 Å². The predicted molar refractivity (Wildman–Crippen MR) is 558 cm³/mol. The van der Waals surface area contributed by atoms with Gasteiger partial charge in [-0.05, 0) is 376 Å². The second-order valence-electron chi connectivity index (χ2n) is 43.2. The van der Waals surface area contributed by atoms with Crippen molar-refractivity contribution in [2.45, 2.75) is 539 Å². The standard InChI is InChI=1S/C21H34O4.C20H32O4.C16H28O4.2C15H26O4.C14H24O4.12CH4/c1-5-20(3,4)19(23)24-8-7-18(22)25-21(6-2)16-10-14-9-15(12-16)13-17(21)11-14;1-5-19(3,4)18(22)23-12-17(21)24-20(6-2)15-8-13-7-14(10-15)11-16(20)9-13;1-5-15(2,3)14(18)19-12-9-13(17)20-16(4)10-7-6-8-11-16;1-5-14(2,3)13(17)18-11-8-12(16)19-15(4)9-6-7-10-15;1-5-14(2,3)13(17)18-11-12(16)19-15(4)9-7-6-8-10-15;1-5-13(2,3)12(16)17-10-11(15)18-14(4)8-6-7-9-14;;;;;;;;;;;;/h14-17H,5-13H2,1-4H3;13-16H,5-12H2,1-4H3;5-12H2,1-4H3;2*5-11H2,1-4H3;5-10H2,1-4H3;12*1H4. The van der Waals surface area contributed by atoms with E-state index in [1.54, 1.807) is 13.8 Å². The highest BCUT2D eigenvalue weighted by Crippen LogP contribution is 2.62. The van der Waals surface area contributed by atoms with E-state index in [4.69, 9.17) is 56.8 Å². The number of hydrogen-bond donors (Lipinski definition) is 0. The molecule has 0 spiro atoms. The van der Waals surface area contributed by atoms with Crippen LogP contribution < -0.4 is 0 Å². The minimum Gasteiger partial charge on any atom is -0.465 e. The van der Waals surface area contributed by atoms with E-state index in [2.05, 4.69) is 13.8 Å². The third-order valence-corrected chi connectivity index (χ3v) is 30.5. The summed E-state index contributed by atoms with van der Waals surface area (Å²) in [7, 11) is 0.